The molecular formula is C20H17ClN2O3. The summed E-state index contributed by atoms with van der Waals surface area (Å²) in [6, 6.07) is 13.5. The molecule has 2 aromatic carbocycles. The summed E-state index contributed by atoms with van der Waals surface area (Å²) in [5.74, 6) is -0.0200. The van der Waals surface area contributed by atoms with Gasteiger partial charge in [0.25, 0.3) is 0 Å². The summed E-state index contributed by atoms with van der Waals surface area (Å²) < 4.78 is 5.84. The van der Waals surface area contributed by atoms with E-state index >= 15 is 0 Å². The van der Waals surface area contributed by atoms with E-state index in [9.17, 15) is 9.59 Å². The van der Waals surface area contributed by atoms with Crippen LogP contribution >= 0.6 is 11.6 Å². The summed E-state index contributed by atoms with van der Waals surface area (Å²) in [4.78, 5) is 29.7. The molecule has 5 nitrogen and oxygen atoms in total. The molecule has 1 saturated heterocycles. The molecule has 1 unspecified atom stereocenters. The Morgan fingerprint density at radius 2 is 2.04 bits per heavy atom. The SMILES string of the molecule is CCc1ccc(-c2nc3cc(N4CC(C(=O)Cl)CC4=O)ccc3o2)cc1. The highest BCUT2D eigenvalue weighted by molar-refractivity contribution is 6.64. The van der Waals surface area contributed by atoms with Crippen molar-refractivity contribution in [2.45, 2.75) is 19.8 Å². The Morgan fingerprint density at radius 3 is 2.69 bits per heavy atom. The lowest BCUT2D eigenvalue weighted by molar-refractivity contribution is -0.120. The molecule has 1 amide bonds. The highest BCUT2D eigenvalue weighted by atomic mass is 35.5. The van der Waals surface area contributed by atoms with Crippen LogP contribution in [0.15, 0.2) is 46.9 Å². The van der Waals surface area contributed by atoms with Gasteiger partial charge in [0.05, 0.1) is 5.92 Å². The van der Waals surface area contributed by atoms with Crippen LogP contribution in [0, 0.1) is 5.92 Å². The van der Waals surface area contributed by atoms with E-state index in [2.05, 4.69) is 24.0 Å². The van der Waals surface area contributed by atoms with E-state index < -0.39 is 11.2 Å². The van der Waals surface area contributed by atoms with Gasteiger partial charge in [-0.1, -0.05) is 19.1 Å². The summed E-state index contributed by atoms with van der Waals surface area (Å²) in [7, 11) is 0. The normalized spacial score (nSPS) is 17.2. The third-order valence-corrected chi connectivity index (χ3v) is 5.05. The molecule has 0 N–H and O–H groups in total. The molecule has 6 heteroatoms. The number of rotatable bonds is 4. The Morgan fingerprint density at radius 1 is 1.27 bits per heavy atom. The minimum absolute atomic E-state index is 0.109. The van der Waals surface area contributed by atoms with Gasteiger partial charge in [0.2, 0.25) is 17.0 Å². The minimum atomic E-state index is -0.471. The maximum Gasteiger partial charge on any atom is 0.227 e. The quantitative estimate of drug-likeness (QED) is 0.648. The van der Waals surface area contributed by atoms with E-state index in [1.165, 1.54) is 5.56 Å². The van der Waals surface area contributed by atoms with Gasteiger partial charge in [0, 0.05) is 24.2 Å². The van der Waals surface area contributed by atoms with Crippen LogP contribution in [0.25, 0.3) is 22.6 Å². The molecule has 3 aromatic rings. The average molecular weight is 369 g/mol. The standard InChI is InChI=1S/C20H17ClN2O3/c1-2-12-3-5-13(6-4-12)20-22-16-10-15(7-8-17(16)26-20)23-11-14(19(21)25)9-18(23)24/h3-8,10,14H,2,9,11H2,1H3. The Labute approximate surface area is 155 Å². The van der Waals surface area contributed by atoms with Gasteiger partial charge < -0.3 is 9.32 Å². The fraction of sp³-hybridized carbons (Fsp3) is 0.250. The Hall–Kier alpha value is -2.66. The molecule has 1 atom stereocenters. The second-order valence-corrected chi connectivity index (χ2v) is 6.80. The van der Waals surface area contributed by atoms with Gasteiger partial charge in [-0.25, -0.2) is 4.98 Å². The topological polar surface area (TPSA) is 63.4 Å². The van der Waals surface area contributed by atoms with Crippen molar-refractivity contribution in [3.63, 3.8) is 0 Å². The van der Waals surface area contributed by atoms with Crippen LogP contribution in [0.2, 0.25) is 0 Å². The lowest BCUT2D eigenvalue weighted by Gasteiger charge is -2.15. The average Bonchev–Trinajstić information content (AvgIpc) is 3.24. The first-order valence-electron chi connectivity index (χ1n) is 8.54. The zero-order valence-corrected chi connectivity index (χ0v) is 15.0. The molecule has 1 aliphatic heterocycles. The number of nitrogens with zero attached hydrogens (tertiary/aromatic N) is 2. The monoisotopic (exact) mass is 368 g/mol. The Balaban J connectivity index is 1.65. The maximum absolute atomic E-state index is 12.2. The third kappa shape index (κ3) is 2.99. The third-order valence-electron chi connectivity index (χ3n) is 4.74. The number of halogens is 1. The Bertz CT molecular complexity index is 994. The highest BCUT2D eigenvalue weighted by Gasteiger charge is 2.34. The van der Waals surface area contributed by atoms with Crippen molar-refractivity contribution in [1.82, 2.24) is 4.98 Å². The second-order valence-electron chi connectivity index (χ2n) is 6.43. The summed E-state index contributed by atoms with van der Waals surface area (Å²) in [6.45, 7) is 2.41. The smallest absolute Gasteiger partial charge is 0.227 e. The maximum atomic E-state index is 12.2. The van der Waals surface area contributed by atoms with Crippen molar-refractivity contribution >= 4 is 39.5 Å². The van der Waals surface area contributed by atoms with Crippen molar-refractivity contribution in [1.29, 1.82) is 0 Å². The van der Waals surface area contributed by atoms with Gasteiger partial charge >= 0.3 is 0 Å². The molecular weight excluding hydrogens is 352 g/mol. The molecule has 1 fully saturated rings. The highest BCUT2D eigenvalue weighted by Crippen LogP contribution is 2.31. The van der Waals surface area contributed by atoms with E-state index in [1.54, 1.807) is 17.0 Å². The van der Waals surface area contributed by atoms with Crippen LogP contribution < -0.4 is 4.90 Å². The van der Waals surface area contributed by atoms with Crippen molar-refractivity contribution in [3.8, 4) is 11.5 Å². The predicted molar refractivity (Wildman–Crippen MR) is 100 cm³/mol. The largest absolute Gasteiger partial charge is 0.436 e. The van der Waals surface area contributed by atoms with Gasteiger partial charge in [-0.05, 0) is 53.9 Å². The summed E-state index contributed by atoms with van der Waals surface area (Å²) in [6.07, 6.45) is 1.13. The van der Waals surface area contributed by atoms with Crippen molar-refractivity contribution < 1.29 is 14.0 Å². The van der Waals surface area contributed by atoms with Crippen LogP contribution in [0.5, 0.6) is 0 Å². The van der Waals surface area contributed by atoms with E-state index in [4.69, 9.17) is 16.0 Å². The number of aromatic nitrogens is 1. The van der Waals surface area contributed by atoms with E-state index in [0.717, 1.165) is 12.0 Å². The van der Waals surface area contributed by atoms with Crippen LogP contribution in [0.1, 0.15) is 18.9 Å². The molecule has 2 heterocycles. The first-order valence-corrected chi connectivity index (χ1v) is 8.92. The molecule has 1 aliphatic rings. The van der Waals surface area contributed by atoms with Gasteiger partial charge in [-0.3, -0.25) is 9.59 Å². The number of anilines is 1. The number of benzene rings is 2. The molecule has 0 aliphatic carbocycles. The number of amides is 1. The number of fused-ring (bicyclic) bond motifs is 1. The molecule has 132 valence electrons. The molecule has 26 heavy (non-hydrogen) atoms. The lowest BCUT2D eigenvalue weighted by atomic mass is 10.1. The van der Waals surface area contributed by atoms with E-state index in [0.29, 0.717) is 29.2 Å². The molecule has 0 bridgehead atoms. The van der Waals surface area contributed by atoms with Crippen molar-refractivity contribution in [2.24, 2.45) is 5.92 Å². The molecule has 0 spiro atoms. The molecule has 4 rings (SSSR count). The number of hydrogen-bond donors (Lipinski definition) is 0. The van der Waals surface area contributed by atoms with Crippen LogP contribution in [0.3, 0.4) is 0 Å². The lowest BCUT2D eigenvalue weighted by Crippen LogP contribution is -2.25. The van der Waals surface area contributed by atoms with Gasteiger partial charge in [-0.2, -0.15) is 0 Å². The summed E-state index contributed by atoms with van der Waals surface area (Å²) in [5, 5.41) is -0.471. The molecule has 0 saturated carbocycles. The van der Waals surface area contributed by atoms with E-state index in [-0.39, 0.29) is 12.3 Å². The number of hydrogen-bond acceptors (Lipinski definition) is 4. The first kappa shape index (κ1) is 16.8. The number of carbonyl (C=O) groups excluding carboxylic acids is 2. The van der Waals surface area contributed by atoms with Gasteiger partial charge in [0.15, 0.2) is 5.58 Å². The van der Waals surface area contributed by atoms with E-state index in [1.807, 2.05) is 18.2 Å². The van der Waals surface area contributed by atoms with Crippen molar-refractivity contribution in [3.05, 3.63) is 48.0 Å². The minimum Gasteiger partial charge on any atom is -0.436 e. The number of aryl methyl sites for hydroxylation is 1. The number of oxazole rings is 1. The Kier molecular flexibility index (Phi) is 4.24. The summed E-state index contributed by atoms with van der Waals surface area (Å²) >= 11 is 5.54. The van der Waals surface area contributed by atoms with Crippen LogP contribution in [-0.2, 0) is 16.0 Å². The predicted octanol–water partition coefficient (Wildman–Crippen LogP) is 4.18. The zero-order chi connectivity index (χ0) is 18.3. The molecule has 1 aromatic heterocycles. The van der Waals surface area contributed by atoms with Gasteiger partial charge in [0.1, 0.15) is 5.52 Å². The van der Waals surface area contributed by atoms with Crippen molar-refractivity contribution in [2.75, 3.05) is 11.4 Å². The van der Waals surface area contributed by atoms with Crippen LogP contribution in [-0.4, -0.2) is 22.7 Å². The molecule has 0 radical (unpaired) electrons. The zero-order valence-electron chi connectivity index (χ0n) is 14.2. The fourth-order valence-electron chi connectivity index (χ4n) is 3.20. The number of carbonyl (C=O) groups is 2. The first-order chi connectivity index (χ1) is 12.5. The van der Waals surface area contributed by atoms with Gasteiger partial charge in [-0.15, -0.1) is 0 Å². The summed E-state index contributed by atoms with van der Waals surface area (Å²) in [5.41, 5.74) is 4.18. The fourth-order valence-corrected chi connectivity index (χ4v) is 3.35. The second kappa shape index (κ2) is 6.57. The van der Waals surface area contributed by atoms with Crippen LogP contribution in [0.4, 0.5) is 5.69 Å².